The van der Waals surface area contributed by atoms with Crippen LogP contribution in [0.3, 0.4) is 0 Å². The predicted octanol–water partition coefficient (Wildman–Crippen LogP) is 4.06. The van der Waals surface area contributed by atoms with Gasteiger partial charge >= 0.3 is 0 Å². The molecule has 1 nitrogen and oxygen atoms in total. The number of aliphatic hydroxyl groups is 1. The minimum Gasteiger partial charge on any atom is -0.388 e. The molecule has 0 saturated carbocycles. The number of rotatable bonds is 4. The highest BCUT2D eigenvalue weighted by atomic mass is 79.9. The van der Waals surface area contributed by atoms with Gasteiger partial charge in [-0.05, 0) is 27.9 Å². The summed E-state index contributed by atoms with van der Waals surface area (Å²) in [6, 6.07) is 5.02. The summed E-state index contributed by atoms with van der Waals surface area (Å²) in [6.07, 6.45) is 0.991. The van der Waals surface area contributed by atoms with Crippen molar-refractivity contribution in [2.24, 2.45) is 5.92 Å². The van der Waals surface area contributed by atoms with Crippen molar-refractivity contribution in [2.45, 2.75) is 32.8 Å². The Hall–Kier alpha value is -0.410. The predicted molar refractivity (Wildman–Crippen MR) is 63.1 cm³/mol. The maximum Gasteiger partial charge on any atom is 0.143 e. The molecule has 0 bridgehead atoms. The third-order valence-corrected chi connectivity index (χ3v) is 3.41. The standard InChI is InChI=1S/C12H16BrFO/c1-3-8(4-2)12(15)9-6-5-7-10(13)11(9)14/h5-8,12,15H,3-4H2,1-2H3. The summed E-state index contributed by atoms with van der Waals surface area (Å²) in [6.45, 7) is 4.01. The van der Waals surface area contributed by atoms with Crippen LogP contribution in [-0.2, 0) is 0 Å². The zero-order valence-corrected chi connectivity index (χ0v) is 10.6. The Morgan fingerprint density at radius 2 is 1.93 bits per heavy atom. The smallest absolute Gasteiger partial charge is 0.143 e. The van der Waals surface area contributed by atoms with Crippen LogP contribution in [-0.4, -0.2) is 5.11 Å². The summed E-state index contributed by atoms with van der Waals surface area (Å²) in [7, 11) is 0. The first-order valence-corrected chi connectivity index (χ1v) is 6.03. The lowest BCUT2D eigenvalue weighted by molar-refractivity contribution is 0.0994. The first kappa shape index (κ1) is 12.7. The first-order valence-electron chi connectivity index (χ1n) is 5.23. The minimum atomic E-state index is -0.711. The molecule has 3 heteroatoms. The Morgan fingerprint density at radius 3 is 2.47 bits per heavy atom. The van der Waals surface area contributed by atoms with E-state index in [4.69, 9.17) is 0 Å². The van der Waals surface area contributed by atoms with Crippen LogP contribution in [0, 0.1) is 11.7 Å². The van der Waals surface area contributed by atoms with Gasteiger partial charge in [0.15, 0.2) is 0 Å². The molecule has 0 radical (unpaired) electrons. The number of hydrogen-bond acceptors (Lipinski definition) is 1. The highest BCUT2D eigenvalue weighted by Gasteiger charge is 2.21. The van der Waals surface area contributed by atoms with E-state index in [0.29, 0.717) is 10.0 Å². The second-order valence-electron chi connectivity index (χ2n) is 3.66. The van der Waals surface area contributed by atoms with Crippen LogP contribution in [0.5, 0.6) is 0 Å². The molecule has 1 aromatic rings. The van der Waals surface area contributed by atoms with E-state index in [1.54, 1.807) is 18.2 Å². The van der Waals surface area contributed by atoms with Crippen molar-refractivity contribution in [1.29, 1.82) is 0 Å². The zero-order chi connectivity index (χ0) is 11.4. The summed E-state index contributed by atoms with van der Waals surface area (Å²) in [5.74, 6) is -0.231. The van der Waals surface area contributed by atoms with Gasteiger partial charge in [0.25, 0.3) is 0 Å². The Morgan fingerprint density at radius 1 is 1.33 bits per heavy atom. The Bertz CT molecular complexity index is 323. The number of benzene rings is 1. The molecule has 1 rings (SSSR count). The van der Waals surface area contributed by atoms with Crippen LogP contribution in [0.15, 0.2) is 22.7 Å². The Labute approximate surface area is 98.4 Å². The van der Waals surface area contributed by atoms with Gasteiger partial charge in [0.1, 0.15) is 5.82 Å². The van der Waals surface area contributed by atoms with Gasteiger partial charge in [0.2, 0.25) is 0 Å². The van der Waals surface area contributed by atoms with Crippen molar-refractivity contribution in [2.75, 3.05) is 0 Å². The van der Waals surface area contributed by atoms with E-state index in [1.807, 2.05) is 13.8 Å². The van der Waals surface area contributed by atoms with Crippen LogP contribution < -0.4 is 0 Å². The minimum absolute atomic E-state index is 0.119. The van der Waals surface area contributed by atoms with E-state index in [9.17, 15) is 9.50 Å². The van der Waals surface area contributed by atoms with Gasteiger partial charge in [0, 0.05) is 5.56 Å². The second-order valence-corrected chi connectivity index (χ2v) is 4.52. The molecule has 0 heterocycles. The molecule has 1 unspecified atom stereocenters. The monoisotopic (exact) mass is 274 g/mol. The van der Waals surface area contributed by atoms with Crippen LogP contribution in [0.2, 0.25) is 0 Å². The molecule has 0 aliphatic carbocycles. The lowest BCUT2D eigenvalue weighted by Gasteiger charge is -2.21. The number of hydrogen-bond donors (Lipinski definition) is 1. The fourth-order valence-corrected chi connectivity index (χ4v) is 2.12. The van der Waals surface area contributed by atoms with E-state index in [0.717, 1.165) is 12.8 Å². The average molecular weight is 275 g/mol. The van der Waals surface area contributed by atoms with Crippen LogP contribution in [0.4, 0.5) is 4.39 Å². The Kier molecular flexibility index (Phi) is 4.74. The first-order chi connectivity index (χ1) is 7.11. The van der Waals surface area contributed by atoms with E-state index in [2.05, 4.69) is 15.9 Å². The summed E-state index contributed by atoms with van der Waals surface area (Å²) < 4.78 is 14.1. The van der Waals surface area contributed by atoms with Gasteiger partial charge in [0.05, 0.1) is 10.6 Å². The molecule has 1 aromatic carbocycles. The SMILES string of the molecule is CCC(CC)C(O)c1cccc(Br)c1F. The average Bonchev–Trinajstić information content (AvgIpc) is 2.23. The molecule has 15 heavy (non-hydrogen) atoms. The molecule has 0 aliphatic rings. The summed E-state index contributed by atoms with van der Waals surface area (Å²) in [4.78, 5) is 0. The lowest BCUT2D eigenvalue weighted by Crippen LogP contribution is -2.12. The van der Waals surface area contributed by atoms with Gasteiger partial charge < -0.3 is 5.11 Å². The van der Waals surface area contributed by atoms with Gasteiger partial charge in [-0.2, -0.15) is 0 Å². The molecular weight excluding hydrogens is 259 g/mol. The molecule has 0 fully saturated rings. The van der Waals surface area contributed by atoms with Crippen molar-refractivity contribution in [3.63, 3.8) is 0 Å². The third-order valence-electron chi connectivity index (χ3n) is 2.80. The molecule has 84 valence electrons. The summed E-state index contributed by atoms with van der Waals surface area (Å²) in [5.41, 5.74) is 0.387. The molecule has 0 saturated heterocycles. The Balaban J connectivity index is 2.99. The largest absolute Gasteiger partial charge is 0.388 e. The van der Waals surface area contributed by atoms with Gasteiger partial charge in [-0.3, -0.25) is 0 Å². The van der Waals surface area contributed by atoms with E-state index >= 15 is 0 Å². The summed E-state index contributed by atoms with van der Waals surface area (Å²) in [5, 5.41) is 10.0. The highest BCUT2D eigenvalue weighted by molar-refractivity contribution is 9.10. The second kappa shape index (κ2) is 5.61. The van der Waals surface area contributed by atoms with Gasteiger partial charge in [-0.15, -0.1) is 0 Å². The van der Waals surface area contributed by atoms with Crippen LogP contribution >= 0.6 is 15.9 Å². The normalized spacial score (nSPS) is 13.2. The van der Waals surface area contributed by atoms with Gasteiger partial charge in [-0.25, -0.2) is 4.39 Å². The number of halogens is 2. The molecular formula is C12H16BrFO. The van der Waals surface area contributed by atoms with Crippen molar-refractivity contribution in [3.05, 3.63) is 34.1 Å². The summed E-state index contributed by atoms with van der Waals surface area (Å²) >= 11 is 3.12. The van der Waals surface area contributed by atoms with E-state index in [-0.39, 0.29) is 11.7 Å². The van der Waals surface area contributed by atoms with Crippen molar-refractivity contribution < 1.29 is 9.50 Å². The molecule has 0 spiro atoms. The molecule has 1 atom stereocenters. The van der Waals surface area contributed by atoms with E-state index in [1.165, 1.54) is 0 Å². The van der Waals surface area contributed by atoms with Crippen molar-refractivity contribution in [3.8, 4) is 0 Å². The fraction of sp³-hybridized carbons (Fsp3) is 0.500. The zero-order valence-electron chi connectivity index (χ0n) is 9.00. The van der Waals surface area contributed by atoms with Crippen molar-refractivity contribution >= 4 is 15.9 Å². The molecule has 0 amide bonds. The van der Waals surface area contributed by atoms with Crippen molar-refractivity contribution in [1.82, 2.24) is 0 Å². The topological polar surface area (TPSA) is 20.2 Å². The highest BCUT2D eigenvalue weighted by Crippen LogP contribution is 2.31. The fourth-order valence-electron chi connectivity index (χ4n) is 1.74. The molecule has 1 N–H and O–H groups in total. The van der Waals surface area contributed by atoms with E-state index < -0.39 is 6.10 Å². The van der Waals surface area contributed by atoms with Crippen LogP contribution in [0.1, 0.15) is 38.4 Å². The maximum atomic E-state index is 13.7. The third kappa shape index (κ3) is 2.79. The molecule has 0 aliphatic heterocycles. The number of aliphatic hydroxyl groups excluding tert-OH is 1. The quantitative estimate of drug-likeness (QED) is 0.878. The maximum absolute atomic E-state index is 13.7. The van der Waals surface area contributed by atoms with Gasteiger partial charge in [-0.1, -0.05) is 38.8 Å². The lowest BCUT2D eigenvalue weighted by atomic mass is 9.91. The van der Waals surface area contributed by atoms with Crippen LogP contribution in [0.25, 0.3) is 0 Å². The molecule has 0 aromatic heterocycles.